The van der Waals surface area contributed by atoms with Crippen LogP contribution in [0, 0.1) is 0 Å². The second kappa shape index (κ2) is 6.06. The van der Waals surface area contributed by atoms with Crippen LogP contribution in [0.2, 0.25) is 0 Å². The number of anilines is 1. The molecular weight excluding hydrogens is 431 g/mol. The maximum atomic E-state index is 14.3. The van der Waals surface area contributed by atoms with E-state index in [4.69, 9.17) is 0 Å². The molecule has 2 atom stereocenters. The van der Waals surface area contributed by atoms with Crippen molar-refractivity contribution in [1.29, 1.82) is 0 Å². The van der Waals surface area contributed by atoms with Crippen molar-refractivity contribution in [3.8, 4) is 0 Å². The lowest BCUT2D eigenvalue weighted by atomic mass is 9.86. The quantitative estimate of drug-likeness (QED) is 0.644. The zero-order valence-corrected chi connectivity index (χ0v) is 16.0. The normalized spacial score (nSPS) is 23.1. The molecule has 0 saturated heterocycles. The zero-order valence-electron chi connectivity index (χ0n) is 14.4. The number of amides is 2. The van der Waals surface area contributed by atoms with E-state index in [-0.39, 0.29) is 24.9 Å². The Morgan fingerprint density at radius 2 is 2.25 bits per heavy atom. The highest BCUT2D eigenvalue weighted by Gasteiger charge is 2.61. The number of nitrogens with one attached hydrogen (secondary N) is 2. The van der Waals surface area contributed by atoms with Crippen molar-refractivity contribution in [2.45, 2.75) is 18.0 Å². The molecule has 8 nitrogen and oxygen atoms in total. The summed E-state index contributed by atoms with van der Waals surface area (Å²) in [6.07, 6.45) is 2.44. The van der Waals surface area contributed by atoms with E-state index >= 15 is 0 Å². The second-order valence-corrected chi connectivity index (χ2v) is 8.01. The minimum atomic E-state index is -1.02. The lowest BCUT2D eigenvalue weighted by molar-refractivity contribution is -0.117. The van der Waals surface area contributed by atoms with Crippen LogP contribution in [-0.2, 0) is 10.2 Å². The summed E-state index contributed by atoms with van der Waals surface area (Å²) in [7, 11) is 0. The van der Waals surface area contributed by atoms with Gasteiger partial charge in [0.25, 0.3) is 5.91 Å². The van der Waals surface area contributed by atoms with Crippen LogP contribution in [0.5, 0.6) is 0 Å². The van der Waals surface area contributed by atoms with Gasteiger partial charge in [-0.3, -0.25) is 20.0 Å². The summed E-state index contributed by atoms with van der Waals surface area (Å²) in [5.74, 6) is -0.619. The minimum Gasteiger partial charge on any atom is -0.328 e. The van der Waals surface area contributed by atoms with Gasteiger partial charge >= 0.3 is 0 Å². The van der Waals surface area contributed by atoms with Gasteiger partial charge in [0.2, 0.25) is 11.9 Å². The SMILES string of the molecule is O=C(CN1C[C@@]2(C[C@@H]2F)c2cc(Br)ccc2C1=O)Nc1ncc2cn[nH]c2n1. The molecule has 3 aromatic rings. The molecule has 1 fully saturated rings. The maximum absolute atomic E-state index is 14.3. The highest BCUT2D eigenvalue weighted by atomic mass is 79.9. The maximum Gasteiger partial charge on any atom is 0.254 e. The van der Waals surface area contributed by atoms with Crippen molar-refractivity contribution >= 4 is 44.7 Å². The summed E-state index contributed by atoms with van der Waals surface area (Å²) < 4.78 is 15.1. The fourth-order valence-corrected chi connectivity index (χ4v) is 4.11. The van der Waals surface area contributed by atoms with Gasteiger partial charge in [0.05, 0.1) is 11.6 Å². The van der Waals surface area contributed by atoms with E-state index in [0.29, 0.717) is 23.2 Å². The minimum absolute atomic E-state index is 0.111. The molecule has 0 unspecified atom stereocenters. The van der Waals surface area contributed by atoms with Gasteiger partial charge < -0.3 is 4.90 Å². The predicted octanol–water partition coefficient (Wildman–Crippen LogP) is 2.19. The number of aromatic amines is 1. The van der Waals surface area contributed by atoms with Crippen LogP contribution in [0.1, 0.15) is 22.3 Å². The number of hydrogen-bond acceptors (Lipinski definition) is 5. The molecule has 0 bridgehead atoms. The Labute approximate surface area is 166 Å². The highest BCUT2D eigenvalue weighted by molar-refractivity contribution is 9.10. The number of rotatable bonds is 3. The molecule has 2 aromatic heterocycles. The summed E-state index contributed by atoms with van der Waals surface area (Å²) in [6, 6.07) is 5.22. The first-order valence-electron chi connectivity index (χ1n) is 8.66. The first kappa shape index (κ1) is 17.2. The number of nitrogens with zero attached hydrogens (tertiary/aromatic N) is 4. The van der Waals surface area contributed by atoms with Crippen LogP contribution >= 0.6 is 15.9 Å². The predicted molar refractivity (Wildman–Crippen MR) is 102 cm³/mol. The molecular formula is C18H14BrFN6O2. The number of hydrogen-bond donors (Lipinski definition) is 2. The van der Waals surface area contributed by atoms with Gasteiger partial charge in [0.15, 0.2) is 5.65 Å². The van der Waals surface area contributed by atoms with Gasteiger partial charge in [-0.2, -0.15) is 10.1 Å². The van der Waals surface area contributed by atoms with Crippen LogP contribution in [0.4, 0.5) is 10.3 Å². The van der Waals surface area contributed by atoms with E-state index in [1.807, 2.05) is 0 Å². The van der Waals surface area contributed by atoms with Crippen molar-refractivity contribution in [3.05, 3.63) is 46.2 Å². The van der Waals surface area contributed by atoms with E-state index in [1.54, 1.807) is 24.4 Å². The summed E-state index contributed by atoms with van der Waals surface area (Å²) in [5.41, 5.74) is 0.927. The molecule has 2 aliphatic rings. The van der Waals surface area contributed by atoms with E-state index in [2.05, 4.69) is 41.4 Å². The first-order chi connectivity index (χ1) is 13.5. The number of halogens is 2. The number of carbonyl (C=O) groups is 2. The van der Waals surface area contributed by atoms with Gasteiger partial charge in [0, 0.05) is 28.2 Å². The summed E-state index contributed by atoms with van der Waals surface area (Å²) in [5, 5.41) is 9.85. The molecule has 1 aliphatic heterocycles. The largest absolute Gasteiger partial charge is 0.328 e. The molecule has 5 rings (SSSR count). The van der Waals surface area contributed by atoms with Crippen LogP contribution in [0.25, 0.3) is 11.0 Å². The average molecular weight is 445 g/mol. The standard InChI is InChI=1S/C18H14BrFN6O2/c19-10-1-2-11-12(3-10)18(4-13(18)20)8-26(16(11)28)7-14(27)23-17-21-5-9-6-22-25-15(9)24-17/h1-3,5-6,13H,4,7-8H2,(H2,21,22,23,24,25,27)/t13-,18-/m0/s1. The summed E-state index contributed by atoms with van der Waals surface area (Å²) >= 11 is 3.38. The Morgan fingerprint density at radius 3 is 3.04 bits per heavy atom. The van der Waals surface area contributed by atoms with Crippen LogP contribution in [0.3, 0.4) is 0 Å². The molecule has 2 amide bonds. The second-order valence-electron chi connectivity index (χ2n) is 7.09. The van der Waals surface area contributed by atoms with Crippen molar-refractivity contribution in [3.63, 3.8) is 0 Å². The van der Waals surface area contributed by atoms with E-state index in [9.17, 15) is 14.0 Å². The lowest BCUT2D eigenvalue weighted by Crippen LogP contribution is -2.47. The third kappa shape index (κ3) is 2.67. The van der Waals surface area contributed by atoms with Crippen molar-refractivity contribution in [2.24, 2.45) is 0 Å². The number of aromatic nitrogens is 4. The van der Waals surface area contributed by atoms with Gasteiger partial charge in [-0.05, 0) is 30.2 Å². The van der Waals surface area contributed by atoms with Crippen molar-refractivity contribution < 1.29 is 14.0 Å². The lowest BCUT2D eigenvalue weighted by Gasteiger charge is -2.34. The monoisotopic (exact) mass is 444 g/mol. The van der Waals surface area contributed by atoms with E-state index < -0.39 is 17.5 Å². The number of H-pyrrole nitrogens is 1. The Kier molecular flexibility index (Phi) is 3.73. The molecule has 1 aromatic carbocycles. The number of fused-ring (bicyclic) bond motifs is 3. The van der Waals surface area contributed by atoms with Gasteiger partial charge in [0.1, 0.15) is 12.7 Å². The van der Waals surface area contributed by atoms with E-state index in [1.165, 1.54) is 11.1 Å². The van der Waals surface area contributed by atoms with Gasteiger partial charge in [-0.25, -0.2) is 9.37 Å². The molecule has 28 heavy (non-hydrogen) atoms. The summed E-state index contributed by atoms with van der Waals surface area (Å²) in [6.45, 7) is -0.0303. The van der Waals surface area contributed by atoms with Crippen LogP contribution in [0.15, 0.2) is 35.1 Å². The van der Waals surface area contributed by atoms with Crippen LogP contribution < -0.4 is 5.32 Å². The number of alkyl halides is 1. The van der Waals surface area contributed by atoms with Crippen molar-refractivity contribution in [2.75, 3.05) is 18.4 Å². The Hall–Kier alpha value is -2.88. The van der Waals surface area contributed by atoms with E-state index in [0.717, 1.165) is 9.86 Å². The van der Waals surface area contributed by atoms with Gasteiger partial charge in [-0.1, -0.05) is 15.9 Å². The molecule has 1 saturated carbocycles. The third-order valence-electron chi connectivity index (χ3n) is 5.27. The highest BCUT2D eigenvalue weighted by Crippen LogP contribution is 2.54. The molecule has 2 N–H and O–H groups in total. The molecule has 3 heterocycles. The Balaban J connectivity index is 1.37. The van der Waals surface area contributed by atoms with Crippen molar-refractivity contribution in [1.82, 2.24) is 25.1 Å². The van der Waals surface area contributed by atoms with Gasteiger partial charge in [-0.15, -0.1) is 0 Å². The first-order valence-corrected chi connectivity index (χ1v) is 9.45. The zero-order chi connectivity index (χ0) is 19.5. The Bertz CT molecular complexity index is 1130. The summed E-state index contributed by atoms with van der Waals surface area (Å²) in [4.78, 5) is 34.9. The third-order valence-corrected chi connectivity index (χ3v) is 5.76. The fraction of sp³-hybridized carbons (Fsp3) is 0.278. The average Bonchev–Trinajstić information content (AvgIpc) is 3.08. The number of carbonyl (C=O) groups excluding carboxylic acids is 2. The molecule has 10 heteroatoms. The number of benzene rings is 1. The smallest absolute Gasteiger partial charge is 0.254 e. The molecule has 1 aliphatic carbocycles. The Morgan fingerprint density at radius 1 is 1.43 bits per heavy atom. The fourth-order valence-electron chi connectivity index (χ4n) is 3.75. The molecule has 1 spiro atoms. The molecule has 142 valence electrons. The topological polar surface area (TPSA) is 104 Å². The van der Waals surface area contributed by atoms with Crippen LogP contribution in [-0.4, -0.2) is 56.1 Å². The molecule has 0 radical (unpaired) electrons.